The molecular formula is C14H21NO3. The largest absolute Gasteiger partial charge is 0.484 e. The second kappa shape index (κ2) is 7.01. The van der Waals surface area contributed by atoms with E-state index in [0.717, 1.165) is 5.56 Å². The summed E-state index contributed by atoms with van der Waals surface area (Å²) in [6.45, 7) is 6.43. The number of rotatable bonds is 6. The van der Waals surface area contributed by atoms with Gasteiger partial charge in [-0.25, -0.2) is 0 Å². The van der Waals surface area contributed by atoms with Gasteiger partial charge in [-0.1, -0.05) is 13.0 Å². The summed E-state index contributed by atoms with van der Waals surface area (Å²) in [5.74, 6) is 0.590. The van der Waals surface area contributed by atoms with E-state index >= 15 is 0 Å². The second-order valence-electron chi connectivity index (χ2n) is 4.63. The fourth-order valence-electron chi connectivity index (χ4n) is 1.36. The average Bonchev–Trinajstić information content (AvgIpc) is 2.37. The molecule has 4 nitrogen and oxygen atoms in total. The van der Waals surface area contributed by atoms with Gasteiger partial charge in [0.2, 0.25) is 0 Å². The lowest BCUT2D eigenvalue weighted by atomic mass is 10.1. The van der Waals surface area contributed by atoms with Gasteiger partial charge in [-0.05, 0) is 43.0 Å². The minimum Gasteiger partial charge on any atom is -0.484 e. The molecule has 0 aliphatic carbocycles. The molecule has 0 saturated heterocycles. The number of aliphatic hydroxyl groups is 1. The van der Waals surface area contributed by atoms with Crippen LogP contribution in [0.5, 0.6) is 5.75 Å². The van der Waals surface area contributed by atoms with Gasteiger partial charge in [0, 0.05) is 13.2 Å². The van der Waals surface area contributed by atoms with E-state index in [9.17, 15) is 4.79 Å². The van der Waals surface area contributed by atoms with Crippen molar-refractivity contribution in [2.75, 3.05) is 19.8 Å². The highest BCUT2D eigenvalue weighted by molar-refractivity contribution is 5.77. The number of ether oxygens (including phenoxy) is 1. The summed E-state index contributed by atoms with van der Waals surface area (Å²) in [5, 5.41) is 11.5. The van der Waals surface area contributed by atoms with E-state index in [0.29, 0.717) is 12.3 Å². The van der Waals surface area contributed by atoms with Gasteiger partial charge in [-0.3, -0.25) is 4.79 Å². The standard InChI is InChI=1S/C14H21NO3/c1-10(8-16)7-15-14(17)9-18-13-5-4-11(2)12(3)6-13/h4-6,10,16H,7-9H2,1-3H3,(H,15,17). The van der Waals surface area contributed by atoms with Crippen molar-refractivity contribution in [3.63, 3.8) is 0 Å². The lowest BCUT2D eigenvalue weighted by Crippen LogP contribution is -2.33. The van der Waals surface area contributed by atoms with Crippen molar-refractivity contribution in [1.29, 1.82) is 0 Å². The molecule has 4 heteroatoms. The Kier molecular flexibility index (Phi) is 5.65. The van der Waals surface area contributed by atoms with Gasteiger partial charge in [0.05, 0.1) is 0 Å². The highest BCUT2D eigenvalue weighted by Gasteiger charge is 2.05. The molecule has 0 radical (unpaired) electrons. The number of carbonyl (C=O) groups excluding carboxylic acids is 1. The van der Waals surface area contributed by atoms with Gasteiger partial charge in [0.15, 0.2) is 6.61 Å². The summed E-state index contributed by atoms with van der Waals surface area (Å²) in [6, 6.07) is 5.74. The quantitative estimate of drug-likeness (QED) is 0.804. The number of nitrogens with one attached hydrogen (secondary N) is 1. The molecule has 0 bridgehead atoms. The van der Waals surface area contributed by atoms with Crippen LogP contribution in [0.2, 0.25) is 0 Å². The third kappa shape index (κ3) is 4.75. The summed E-state index contributed by atoms with van der Waals surface area (Å²) < 4.78 is 5.40. The molecule has 100 valence electrons. The molecule has 2 N–H and O–H groups in total. The van der Waals surface area contributed by atoms with Crippen LogP contribution in [-0.2, 0) is 4.79 Å². The number of amides is 1. The summed E-state index contributed by atoms with van der Waals surface area (Å²) in [5.41, 5.74) is 2.34. The van der Waals surface area contributed by atoms with Crippen LogP contribution >= 0.6 is 0 Å². The molecule has 0 fully saturated rings. The first kappa shape index (κ1) is 14.5. The third-order valence-electron chi connectivity index (χ3n) is 2.81. The minimum atomic E-state index is -0.173. The molecule has 1 rings (SSSR count). The first-order valence-electron chi connectivity index (χ1n) is 6.10. The summed E-state index contributed by atoms with van der Waals surface area (Å²) in [7, 11) is 0. The average molecular weight is 251 g/mol. The predicted molar refractivity (Wildman–Crippen MR) is 70.7 cm³/mol. The highest BCUT2D eigenvalue weighted by Crippen LogP contribution is 2.16. The number of aryl methyl sites for hydroxylation is 2. The van der Waals surface area contributed by atoms with Gasteiger partial charge in [0.25, 0.3) is 5.91 Å². The molecule has 1 amide bonds. The van der Waals surface area contributed by atoms with Crippen LogP contribution in [0.4, 0.5) is 0 Å². The van der Waals surface area contributed by atoms with Gasteiger partial charge >= 0.3 is 0 Å². The van der Waals surface area contributed by atoms with Gasteiger partial charge in [0.1, 0.15) is 5.75 Å². The van der Waals surface area contributed by atoms with Crippen LogP contribution in [0.3, 0.4) is 0 Å². The van der Waals surface area contributed by atoms with Crippen molar-refractivity contribution in [2.24, 2.45) is 5.92 Å². The van der Waals surface area contributed by atoms with Crippen LogP contribution in [-0.4, -0.2) is 30.8 Å². The molecule has 18 heavy (non-hydrogen) atoms. The molecule has 0 spiro atoms. The van der Waals surface area contributed by atoms with Crippen molar-refractivity contribution in [3.05, 3.63) is 29.3 Å². The monoisotopic (exact) mass is 251 g/mol. The van der Waals surface area contributed by atoms with Gasteiger partial charge < -0.3 is 15.2 Å². The predicted octanol–water partition coefficient (Wildman–Crippen LogP) is 1.43. The van der Waals surface area contributed by atoms with E-state index in [-0.39, 0.29) is 25.0 Å². The van der Waals surface area contributed by atoms with Gasteiger partial charge in [-0.15, -0.1) is 0 Å². The molecule has 0 aliphatic heterocycles. The van der Waals surface area contributed by atoms with Gasteiger partial charge in [-0.2, -0.15) is 0 Å². The zero-order valence-corrected chi connectivity index (χ0v) is 11.2. The Morgan fingerprint density at radius 3 is 2.72 bits per heavy atom. The molecule has 0 saturated carbocycles. The fraction of sp³-hybridized carbons (Fsp3) is 0.500. The number of hydrogen-bond donors (Lipinski definition) is 2. The SMILES string of the molecule is Cc1ccc(OCC(=O)NCC(C)CO)cc1C. The minimum absolute atomic E-state index is 0.000644. The van der Waals surface area contributed by atoms with E-state index in [1.54, 1.807) is 0 Å². The Morgan fingerprint density at radius 1 is 1.39 bits per heavy atom. The number of carbonyl (C=O) groups is 1. The third-order valence-corrected chi connectivity index (χ3v) is 2.81. The molecular weight excluding hydrogens is 230 g/mol. The Balaban J connectivity index is 2.36. The molecule has 0 aliphatic rings. The molecule has 0 aromatic heterocycles. The summed E-state index contributed by atoms with van der Waals surface area (Å²) in [4.78, 5) is 11.5. The van der Waals surface area contributed by atoms with Crippen LogP contribution in [0, 0.1) is 19.8 Å². The zero-order chi connectivity index (χ0) is 13.5. The van der Waals surface area contributed by atoms with Crippen molar-refractivity contribution < 1.29 is 14.6 Å². The number of aliphatic hydroxyl groups excluding tert-OH is 1. The van der Waals surface area contributed by atoms with Crippen molar-refractivity contribution in [2.45, 2.75) is 20.8 Å². The molecule has 0 heterocycles. The summed E-state index contributed by atoms with van der Waals surface area (Å²) >= 11 is 0. The molecule has 1 aromatic carbocycles. The van der Waals surface area contributed by atoms with E-state index in [1.807, 2.05) is 39.0 Å². The second-order valence-corrected chi connectivity index (χ2v) is 4.63. The molecule has 1 atom stereocenters. The van der Waals surface area contributed by atoms with E-state index < -0.39 is 0 Å². The Morgan fingerprint density at radius 2 is 2.11 bits per heavy atom. The van der Waals surface area contributed by atoms with E-state index in [2.05, 4.69) is 5.32 Å². The maximum Gasteiger partial charge on any atom is 0.257 e. The Labute approximate surface area is 108 Å². The lowest BCUT2D eigenvalue weighted by molar-refractivity contribution is -0.123. The first-order chi connectivity index (χ1) is 8.52. The smallest absolute Gasteiger partial charge is 0.257 e. The Bertz CT molecular complexity index is 404. The lowest BCUT2D eigenvalue weighted by Gasteiger charge is -2.11. The fourth-order valence-corrected chi connectivity index (χ4v) is 1.36. The van der Waals surface area contributed by atoms with Crippen LogP contribution in [0.1, 0.15) is 18.1 Å². The van der Waals surface area contributed by atoms with Crippen molar-refractivity contribution in [1.82, 2.24) is 5.32 Å². The van der Waals surface area contributed by atoms with Crippen molar-refractivity contribution >= 4 is 5.91 Å². The maximum atomic E-state index is 11.5. The molecule has 1 aromatic rings. The number of hydrogen-bond acceptors (Lipinski definition) is 3. The highest BCUT2D eigenvalue weighted by atomic mass is 16.5. The number of benzene rings is 1. The summed E-state index contributed by atoms with van der Waals surface area (Å²) in [6.07, 6.45) is 0. The van der Waals surface area contributed by atoms with Crippen LogP contribution in [0.15, 0.2) is 18.2 Å². The normalized spacial score (nSPS) is 12.0. The van der Waals surface area contributed by atoms with Crippen LogP contribution in [0.25, 0.3) is 0 Å². The zero-order valence-electron chi connectivity index (χ0n) is 11.2. The van der Waals surface area contributed by atoms with Crippen LogP contribution < -0.4 is 10.1 Å². The first-order valence-corrected chi connectivity index (χ1v) is 6.10. The Hall–Kier alpha value is -1.55. The maximum absolute atomic E-state index is 11.5. The van der Waals surface area contributed by atoms with E-state index in [1.165, 1.54) is 5.56 Å². The topological polar surface area (TPSA) is 58.6 Å². The molecule has 1 unspecified atom stereocenters. The van der Waals surface area contributed by atoms with E-state index in [4.69, 9.17) is 9.84 Å². The van der Waals surface area contributed by atoms with Crippen molar-refractivity contribution in [3.8, 4) is 5.75 Å².